The molecular weight excluding hydrogens is 282 g/mol. The second-order valence-electron chi connectivity index (χ2n) is 3.78. The van der Waals surface area contributed by atoms with E-state index in [4.69, 9.17) is 5.11 Å². The maximum atomic E-state index is 12.2. The van der Waals surface area contributed by atoms with Crippen LogP contribution in [0.1, 0.15) is 18.1 Å². The fourth-order valence-corrected chi connectivity index (χ4v) is 5.50. The van der Waals surface area contributed by atoms with E-state index in [2.05, 4.69) is 12.6 Å². The number of hydrogen-bond acceptors (Lipinski definition) is 6. The Labute approximate surface area is 109 Å². The SMILES string of the molecule is O=S1(=O)c2sc(S)cc2[C@H](O)CN1CCCO. The Morgan fingerprint density at radius 3 is 2.94 bits per heavy atom. The van der Waals surface area contributed by atoms with Crippen molar-refractivity contribution in [3.05, 3.63) is 11.6 Å². The van der Waals surface area contributed by atoms with Crippen molar-refractivity contribution in [2.24, 2.45) is 0 Å². The molecule has 2 N–H and O–H groups in total. The van der Waals surface area contributed by atoms with E-state index in [9.17, 15) is 13.5 Å². The predicted octanol–water partition coefficient (Wildman–Crippen LogP) is 0.457. The number of aliphatic hydroxyl groups is 2. The molecule has 0 radical (unpaired) electrons. The first kappa shape index (κ1) is 13.3. The smallest absolute Gasteiger partial charge is 0.253 e. The number of thiol groups is 1. The molecule has 1 aliphatic heterocycles. The third-order valence-corrected chi connectivity index (χ3v) is 6.34. The number of hydrogen-bond donors (Lipinski definition) is 3. The monoisotopic (exact) mass is 295 g/mol. The van der Waals surface area contributed by atoms with Crippen molar-refractivity contribution in [2.75, 3.05) is 19.7 Å². The van der Waals surface area contributed by atoms with Crippen molar-refractivity contribution in [1.82, 2.24) is 4.31 Å². The summed E-state index contributed by atoms with van der Waals surface area (Å²) in [4.78, 5) is 0. The highest BCUT2D eigenvalue weighted by molar-refractivity contribution is 7.92. The van der Waals surface area contributed by atoms with Crippen molar-refractivity contribution in [3.8, 4) is 0 Å². The zero-order valence-electron chi connectivity index (χ0n) is 8.90. The molecule has 17 heavy (non-hydrogen) atoms. The zero-order valence-corrected chi connectivity index (χ0v) is 11.4. The molecule has 0 amide bonds. The topological polar surface area (TPSA) is 77.8 Å². The van der Waals surface area contributed by atoms with Gasteiger partial charge in [0.25, 0.3) is 10.0 Å². The molecule has 0 fully saturated rings. The summed E-state index contributed by atoms with van der Waals surface area (Å²) in [7, 11) is -3.54. The van der Waals surface area contributed by atoms with E-state index in [1.165, 1.54) is 4.31 Å². The van der Waals surface area contributed by atoms with E-state index in [-0.39, 0.29) is 23.9 Å². The first-order valence-corrected chi connectivity index (χ1v) is 7.79. The van der Waals surface area contributed by atoms with Gasteiger partial charge in [-0.05, 0) is 12.5 Å². The molecule has 8 heteroatoms. The minimum atomic E-state index is -3.54. The van der Waals surface area contributed by atoms with E-state index in [0.29, 0.717) is 16.2 Å². The van der Waals surface area contributed by atoms with Gasteiger partial charge in [-0.2, -0.15) is 4.31 Å². The van der Waals surface area contributed by atoms with E-state index in [1.54, 1.807) is 6.07 Å². The van der Waals surface area contributed by atoms with Crippen molar-refractivity contribution in [1.29, 1.82) is 0 Å². The van der Waals surface area contributed by atoms with Gasteiger partial charge < -0.3 is 10.2 Å². The van der Waals surface area contributed by atoms with E-state index >= 15 is 0 Å². The highest BCUT2D eigenvalue weighted by atomic mass is 32.3. The third-order valence-electron chi connectivity index (χ3n) is 2.59. The minimum Gasteiger partial charge on any atom is -0.396 e. The fraction of sp³-hybridized carbons (Fsp3) is 0.556. The molecule has 5 nitrogen and oxygen atoms in total. The Morgan fingerprint density at radius 1 is 1.59 bits per heavy atom. The van der Waals surface area contributed by atoms with Crippen molar-refractivity contribution >= 4 is 34.0 Å². The maximum Gasteiger partial charge on any atom is 0.253 e. The summed E-state index contributed by atoms with van der Waals surface area (Å²) in [6, 6.07) is 1.59. The molecule has 0 aliphatic carbocycles. The molecule has 0 spiro atoms. The molecule has 0 bridgehead atoms. The van der Waals surface area contributed by atoms with Crippen molar-refractivity contribution in [3.63, 3.8) is 0 Å². The summed E-state index contributed by atoms with van der Waals surface area (Å²) in [5, 5.41) is 18.6. The van der Waals surface area contributed by atoms with Crippen LogP contribution in [-0.4, -0.2) is 42.6 Å². The third kappa shape index (κ3) is 2.38. The first-order valence-electron chi connectivity index (χ1n) is 5.08. The Bertz CT molecular complexity index is 510. The number of fused-ring (bicyclic) bond motifs is 1. The molecule has 96 valence electrons. The van der Waals surface area contributed by atoms with E-state index in [0.717, 1.165) is 11.3 Å². The maximum absolute atomic E-state index is 12.2. The van der Waals surface area contributed by atoms with Gasteiger partial charge in [0.1, 0.15) is 4.21 Å². The van der Waals surface area contributed by atoms with Crippen LogP contribution in [0.5, 0.6) is 0 Å². The first-order chi connectivity index (χ1) is 7.96. The predicted molar refractivity (Wildman–Crippen MR) is 67.0 cm³/mol. The number of β-amino-alcohol motifs (C(OH)–C–C–N with tert-alkyl or cyclic N) is 1. The van der Waals surface area contributed by atoms with Gasteiger partial charge in [0.2, 0.25) is 0 Å². The van der Waals surface area contributed by atoms with Crippen LogP contribution in [0.2, 0.25) is 0 Å². The normalized spacial score (nSPS) is 23.6. The number of rotatable bonds is 3. The molecule has 2 rings (SSSR count). The van der Waals surface area contributed by atoms with Crippen LogP contribution in [-0.2, 0) is 10.0 Å². The summed E-state index contributed by atoms with van der Waals surface area (Å²) in [5.41, 5.74) is 0.431. The Morgan fingerprint density at radius 2 is 2.29 bits per heavy atom. The quantitative estimate of drug-likeness (QED) is 0.708. The van der Waals surface area contributed by atoms with Gasteiger partial charge in [0.15, 0.2) is 0 Å². The molecule has 0 saturated carbocycles. The fourth-order valence-electron chi connectivity index (χ4n) is 1.77. The highest BCUT2D eigenvalue weighted by Gasteiger charge is 2.37. The second kappa shape index (κ2) is 4.87. The molecular formula is C9H13NO4S3. The van der Waals surface area contributed by atoms with Crippen molar-refractivity contribution in [2.45, 2.75) is 20.9 Å². The standard InChI is InChI=1S/C9H13NO4S3/c11-3-1-2-10-5-7(12)6-4-8(15)16-9(6)17(10,13)14/h4,7,11-12,15H,1-3,5H2/t7-/m1/s1. The van der Waals surface area contributed by atoms with Crippen LogP contribution in [0.15, 0.2) is 14.5 Å². The average Bonchev–Trinajstić information content (AvgIpc) is 2.65. The summed E-state index contributed by atoms with van der Waals surface area (Å²) in [6.45, 7) is 0.186. The van der Waals surface area contributed by atoms with Gasteiger partial charge in [0.05, 0.1) is 10.3 Å². The van der Waals surface area contributed by atoms with Crippen LogP contribution >= 0.6 is 24.0 Å². The highest BCUT2D eigenvalue weighted by Crippen LogP contribution is 2.39. The van der Waals surface area contributed by atoms with Gasteiger partial charge >= 0.3 is 0 Å². The van der Waals surface area contributed by atoms with E-state index < -0.39 is 16.1 Å². The Hall–Kier alpha value is -0.120. The summed E-state index contributed by atoms with van der Waals surface area (Å²) in [6.07, 6.45) is -0.454. The van der Waals surface area contributed by atoms with Crippen LogP contribution in [0, 0.1) is 0 Å². The molecule has 0 saturated heterocycles. The largest absolute Gasteiger partial charge is 0.396 e. The number of nitrogens with zero attached hydrogens (tertiary/aromatic N) is 1. The molecule has 1 aliphatic rings. The molecule has 0 unspecified atom stereocenters. The lowest BCUT2D eigenvalue weighted by molar-refractivity contribution is 0.136. The van der Waals surface area contributed by atoms with E-state index in [1.807, 2.05) is 0 Å². The molecule has 2 heterocycles. The lowest BCUT2D eigenvalue weighted by Crippen LogP contribution is -2.39. The molecule has 1 atom stereocenters. The molecule has 0 aromatic carbocycles. The van der Waals surface area contributed by atoms with Gasteiger partial charge in [-0.1, -0.05) is 0 Å². The van der Waals surface area contributed by atoms with Gasteiger partial charge in [0, 0.05) is 25.3 Å². The lowest BCUT2D eigenvalue weighted by atomic mass is 10.2. The number of sulfonamides is 1. The lowest BCUT2D eigenvalue weighted by Gasteiger charge is -2.29. The van der Waals surface area contributed by atoms with Gasteiger partial charge in [-0.3, -0.25) is 0 Å². The van der Waals surface area contributed by atoms with Crippen LogP contribution in [0.25, 0.3) is 0 Å². The summed E-state index contributed by atoms with van der Waals surface area (Å²) in [5.74, 6) is 0. The van der Waals surface area contributed by atoms with Crippen LogP contribution in [0.4, 0.5) is 0 Å². The van der Waals surface area contributed by atoms with Gasteiger partial charge in [-0.25, -0.2) is 8.42 Å². The molecule has 1 aromatic heterocycles. The Kier molecular flexibility index (Phi) is 3.81. The van der Waals surface area contributed by atoms with Crippen LogP contribution < -0.4 is 0 Å². The second-order valence-corrected chi connectivity index (χ2v) is 7.75. The Balaban J connectivity index is 2.39. The average molecular weight is 295 g/mol. The minimum absolute atomic E-state index is 0.0410. The summed E-state index contributed by atoms with van der Waals surface area (Å²) < 4.78 is 26.3. The van der Waals surface area contributed by atoms with Crippen molar-refractivity contribution < 1.29 is 18.6 Å². The zero-order chi connectivity index (χ0) is 12.6. The number of thiophene rings is 1. The number of aliphatic hydroxyl groups excluding tert-OH is 2. The molecule has 1 aromatic rings. The van der Waals surface area contributed by atoms with Gasteiger partial charge in [-0.15, -0.1) is 24.0 Å². The summed E-state index contributed by atoms with van der Waals surface area (Å²) >= 11 is 5.16. The van der Waals surface area contributed by atoms with Crippen LogP contribution in [0.3, 0.4) is 0 Å².